The van der Waals surface area contributed by atoms with Gasteiger partial charge in [-0.2, -0.15) is 5.26 Å². The van der Waals surface area contributed by atoms with Gasteiger partial charge in [0.2, 0.25) is 0 Å². The van der Waals surface area contributed by atoms with E-state index in [1.165, 1.54) is 0 Å². The summed E-state index contributed by atoms with van der Waals surface area (Å²) in [6.07, 6.45) is -1.75. The number of carbonyl (C=O) groups is 2. The summed E-state index contributed by atoms with van der Waals surface area (Å²) < 4.78 is 10.8. The molecule has 0 aliphatic heterocycles. The molecule has 25 heavy (non-hydrogen) atoms. The predicted molar refractivity (Wildman–Crippen MR) is 93.9 cm³/mol. The van der Waals surface area contributed by atoms with Gasteiger partial charge in [0.05, 0.1) is 11.6 Å². The molecular formula is C19H26N2O4. The highest BCUT2D eigenvalue weighted by Gasteiger charge is 2.29. The Labute approximate surface area is 149 Å². The van der Waals surface area contributed by atoms with Crippen molar-refractivity contribution in [1.82, 2.24) is 4.90 Å². The van der Waals surface area contributed by atoms with E-state index in [9.17, 15) is 9.59 Å². The Balaban J connectivity index is 2.66. The molecule has 0 radical (unpaired) electrons. The number of benzene rings is 1. The van der Waals surface area contributed by atoms with Gasteiger partial charge in [0, 0.05) is 12.1 Å². The van der Waals surface area contributed by atoms with Crippen molar-refractivity contribution in [3.8, 4) is 11.8 Å². The molecule has 0 saturated heterocycles. The van der Waals surface area contributed by atoms with Crippen molar-refractivity contribution < 1.29 is 19.1 Å². The van der Waals surface area contributed by atoms with E-state index in [4.69, 9.17) is 14.7 Å². The van der Waals surface area contributed by atoms with Gasteiger partial charge < -0.3 is 14.4 Å². The number of esters is 1. The fraction of sp³-hybridized carbons (Fsp3) is 0.526. The van der Waals surface area contributed by atoms with E-state index in [1.807, 2.05) is 33.8 Å². The first-order chi connectivity index (χ1) is 11.7. The largest absolute Gasteiger partial charge is 0.479 e. The van der Waals surface area contributed by atoms with Crippen LogP contribution in [0, 0.1) is 11.3 Å². The zero-order valence-electron chi connectivity index (χ0n) is 15.6. The zero-order chi connectivity index (χ0) is 19.1. The van der Waals surface area contributed by atoms with Crippen molar-refractivity contribution in [3.05, 3.63) is 29.8 Å². The molecular weight excluding hydrogens is 320 g/mol. The van der Waals surface area contributed by atoms with Gasteiger partial charge in [-0.15, -0.1) is 0 Å². The summed E-state index contributed by atoms with van der Waals surface area (Å²) in [6.45, 7) is 10.8. The van der Waals surface area contributed by atoms with Crippen LogP contribution in [0.1, 0.15) is 47.1 Å². The molecule has 2 atom stereocenters. The fourth-order valence-corrected chi connectivity index (χ4v) is 2.50. The Morgan fingerprint density at radius 1 is 0.960 bits per heavy atom. The number of ether oxygens (including phenoxy) is 2. The molecule has 1 aromatic carbocycles. The smallest absolute Gasteiger partial charge is 0.347 e. The van der Waals surface area contributed by atoms with Gasteiger partial charge in [-0.25, -0.2) is 4.79 Å². The zero-order valence-corrected chi connectivity index (χ0v) is 15.6. The SMILES string of the molecule is CC(C)N(C(=O)[C@H](C)OC(=O)[C@H](C)Oc1ccc(C#N)cc1)C(C)C. The van der Waals surface area contributed by atoms with Crippen LogP contribution in [0.15, 0.2) is 24.3 Å². The van der Waals surface area contributed by atoms with Crippen LogP contribution >= 0.6 is 0 Å². The highest BCUT2D eigenvalue weighted by atomic mass is 16.6. The second-order valence-corrected chi connectivity index (χ2v) is 6.41. The summed E-state index contributed by atoms with van der Waals surface area (Å²) in [5, 5.41) is 8.77. The topological polar surface area (TPSA) is 79.6 Å². The summed E-state index contributed by atoms with van der Waals surface area (Å²) in [5.74, 6) is -0.394. The second kappa shape index (κ2) is 9.07. The molecule has 0 aromatic heterocycles. The first-order valence-electron chi connectivity index (χ1n) is 8.36. The van der Waals surface area contributed by atoms with Crippen LogP contribution in [-0.4, -0.2) is 41.1 Å². The molecule has 136 valence electrons. The molecule has 0 spiro atoms. The van der Waals surface area contributed by atoms with Crippen molar-refractivity contribution in [2.45, 2.75) is 65.8 Å². The maximum Gasteiger partial charge on any atom is 0.347 e. The highest BCUT2D eigenvalue weighted by molar-refractivity contribution is 5.85. The molecule has 1 aromatic rings. The Hall–Kier alpha value is -2.55. The van der Waals surface area contributed by atoms with Gasteiger partial charge in [-0.3, -0.25) is 4.79 Å². The molecule has 6 nitrogen and oxygen atoms in total. The Morgan fingerprint density at radius 3 is 1.92 bits per heavy atom. The van der Waals surface area contributed by atoms with E-state index in [-0.39, 0.29) is 18.0 Å². The van der Waals surface area contributed by atoms with E-state index in [1.54, 1.807) is 43.0 Å². The lowest BCUT2D eigenvalue weighted by molar-refractivity contribution is -0.165. The number of amides is 1. The molecule has 0 unspecified atom stereocenters. The molecule has 0 saturated carbocycles. The third-order valence-corrected chi connectivity index (χ3v) is 3.64. The van der Waals surface area contributed by atoms with Gasteiger partial charge in [0.25, 0.3) is 5.91 Å². The normalized spacial score (nSPS) is 13.1. The molecule has 6 heteroatoms. The minimum Gasteiger partial charge on any atom is -0.479 e. The number of nitrogens with zero attached hydrogens (tertiary/aromatic N) is 2. The van der Waals surface area contributed by atoms with Crippen LogP contribution in [0.2, 0.25) is 0 Å². The average molecular weight is 346 g/mol. The summed E-state index contributed by atoms with van der Waals surface area (Å²) in [5.41, 5.74) is 0.504. The Morgan fingerprint density at radius 2 is 1.48 bits per heavy atom. The van der Waals surface area contributed by atoms with Crippen molar-refractivity contribution in [2.75, 3.05) is 0 Å². The quantitative estimate of drug-likeness (QED) is 0.709. The fourth-order valence-electron chi connectivity index (χ4n) is 2.50. The molecule has 0 heterocycles. The molecule has 0 fully saturated rings. The summed E-state index contributed by atoms with van der Waals surface area (Å²) >= 11 is 0. The monoisotopic (exact) mass is 346 g/mol. The van der Waals surface area contributed by atoms with E-state index < -0.39 is 18.2 Å². The van der Waals surface area contributed by atoms with E-state index in [2.05, 4.69) is 0 Å². The minimum absolute atomic E-state index is 0.0148. The summed E-state index contributed by atoms with van der Waals surface area (Å²) in [6, 6.07) is 8.45. The standard InChI is InChI=1S/C19H26N2O4/c1-12(2)21(13(3)4)18(22)14(5)25-19(23)15(6)24-17-9-7-16(11-20)8-10-17/h7-10,12-15H,1-6H3/t14-,15-/m0/s1. The van der Waals surface area contributed by atoms with Crippen LogP contribution in [0.4, 0.5) is 0 Å². The lowest BCUT2D eigenvalue weighted by atomic mass is 10.2. The van der Waals surface area contributed by atoms with Crippen LogP contribution in [-0.2, 0) is 14.3 Å². The predicted octanol–water partition coefficient (Wildman–Crippen LogP) is 2.90. The number of rotatable bonds is 7. The van der Waals surface area contributed by atoms with Gasteiger partial charge in [-0.05, 0) is 65.8 Å². The lowest BCUT2D eigenvalue weighted by Gasteiger charge is -2.33. The van der Waals surface area contributed by atoms with Crippen LogP contribution in [0.5, 0.6) is 5.75 Å². The molecule has 0 aliphatic rings. The molecule has 1 rings (SSSR count). The second-order valence-electron chi connectivity index (χ2n) is 6.41. The molecule has 0 N–H and O–H groups in total. The summed E-state index contributed by atoms with van der Waals surface area (Å²) in [4.78, 5) is 26.4. The maximum absolute atomic E-state index is 12.5. The first-order valence-corrected chi connectivity index (χ1v) is 8.36. The van der Waals surface area contributed by atoms with Gasteiger partial charge in [0.15, 0.2) is 12.2 Å². The van der Waals surface area contributed by atoms with Crippen molar-refractivity contribution in [1.29, 1.82) is 5.26 Å². The number of carbonyl (C=O) groups excluding carboxylic acids is 2. The lowest BCUT2D eigenvalue weighted by Crippen LogP contribution is -2.48. The Bertz CT molecular complexity index is 624. The first kappa shape index (κ1) is 20.5. The van der Waals surface area contributed by atoms with Crippen molar-refractivity contribution in [2.24, 2.45) is 0 Å². The molecule has 0 aliphatic carbocycles. The third kappa shape index (κ3) is 5.79. The average Bonchev–Trinajstić information content (AvgIpc) is 2.54. The van der Waals surface area contributed by atoms with Gasteiger partial charge in [0.1, 0.15) is 5.75 Å². The molecule has 0 bridgehead atoms. The van der Waals surface area contributed by atoms with Crippen molar-refractivity contribution >= 4 is 11.9 Å². The number of nitriles is 1. The van der Waals surface area contributed by atoms with Crippen LogP contribution in [0.3, 0.4) is 0 Å². The Kier molecular flexibility index (Phi) is 7.43. The van der Waals surface area contributed by atoms with Crippen molar-refractivity contribution in [3.63, 3.8) is 0 Å². The highest BCUT2D eigenvalue weighted by Crippen LogP contribution is 2.15. The van der Waals surface area contributed by atoms with Crippen LogP contribution in [0.25, 0.3) is 0 Å². The van der Waals surface area contributed by atoms with E-state index >= 15 is 0 Å². The minimum atomic E-state index is -0.885. The number of hydrogen-bond acceptors (Lipinski definition) is 5. The van der Waals surface area contributed by atoms with E-state index in [0.717, 1.165) is 0 Å². The molecule has 1 amide bonds. The third-order valence-electron chi connectivity index (χ3n) is 3.64. The van der Waals surface area contributed by atoms with Gasteiger partial charge >= 0.3 is 5.97 Å². The maximum atomic E-state index is 12.5. The van der Waals surface area contributed by atoms with Gasteiger partial charge in [-0.1, -0.05) is 0 Å². The summed E-state index contributed by atoms with van der Waals surface area (Å²) in [7, 11) is 0. The van der Waals surface area contributed by atoms with Crippen LogP contribution < -0.4 is 4.74 Å². The number of hydrogen-bond donors (Lipinski definition) is 0. The van der Waals surface area contributed by atoms with E-state index in [0.29, 0.717) is 11.3 Å².